The lowest BCUT2D eigenvalue weighted by atomic mass is 10.1. The van der Waals surface area contributed by atoms with Gasteiger partial charge in [0.05, 0.1) is 23.6 Å². The Balaban J connectivity index is 2.31. The Labute approximate surface area is 99.8 Å². The van der Waals surface area contributed by atoms with Crippen molar-refractivity contribution in [2.24, 2.45) is 5.73 Å². The molecule has 2 aromatic rings. The van der Waals surface area contributed by atoms with Gasteiger partial charge in [0.2, 0.25) is 5.88 Å². The second-order valence-corrected chi connectivity index (χ2v) is 4.68. The van der Waals surface area contributed by atoms with Gasteiger partial charge in [0.1, 0.15) is 0 Å². The van der Waals surface area contributed by atoms with Gasteiger partial charge in [-0.15, -0.1) is 0 Å². The number of nitrogens with zero attached hydrogens (tertiary/aromatic N) is 2. The van der Waals surface area contributed by atoms with Crippen molar-refractivity contribution in [1.82, 2.24) is 9.97 Å². The second-order valence-electron chi connectivity index (χ2n) is 4.68. The van der Waals surface area contributed by atoms with Gasteiger partial charge in [0.15, 0.2) is 5.82 Å². The van der Waals surface area contributed by atoms with Crippen LogP contribution in [-0.2, 0) is 5.54 Å². The first kappa shape index (κ1) is 10.5. The van der Waals surface area contributed by atoms with E-state index in [2.05, 4.69) is 9.97 Å². The van der Waals surface area contributed by atoms with Gasteiger partial charge in [-0.1, -0.05) is 12.1 Å². The van der Waals surface area contributed by atoms with E-state index in [9.17, 15) is 0 Å². The average molecular weight is 229 g/mol. The van der Waals surface area contributed by atoms with E-state index in [-0.39, 0.29) is 5.54 Å². The average Bonchev–Trinajstić information content (AvgIpc) is 3.08. The maximum atomic E-state index is 6.15. The first-order valence-electron chi connectivity index (χ1n) is 5.75. The van der Waals surface area contributed by atoms with Crippen LogP contribution in [-0.4, -0.2) is 17.1 Å². The van der Waals surface area contributed by atoms with Crippen LogP contribution < -0.4 is 10.5 Å². The third-order valence-electron chi connectivity index (χ3n) is 3.32. The van der Waals surface area contributed by atoms with Crippen molar-refractivity contribution in [2.75, 3.05) is 7.11 Å². The van der Waals surface area contributed by atoms with Crippen molar-refractivity contribution in [2.45, 2.75) is 25.3 Å². The smallest absolute Gasteiger partial charge is 0.224 e. The molecule has 0 atom stereocenters. The van der Waals surface area contributed by atoms with Crippen molar-refractivity contribution < 1.29 is 4.74 Å². The molecule has 0 spiro atoms. The van der Waals surface area contributed by atoms with E-state index in [1.54, 1.807) is 7.11 Å². The van der Waals surface area contributed by atoms with Crippen LogP contribution in [0, 0.1) is 6.92 Å². The highest BCUT2D eigenvalue weighted by Crippen LogP contribution is 2.42. The maximum Gasteiger partial charge on any atom is 0.224 e. The van der Waals surface area contributed by atoms with Gasteiger partial charge in [-0.3, -0.25) is 0 Å². The van der Waals surface area contributed by atoms with E-state index < -0.39 is 0 Å². The number of rotatable bonds is 2. The molecule has 3 rings (SSSR count). The molecule has 1 fully saturated rings. The Kier molecular flexibility index (Phi) is 2.10. The predicted octanol–water partition coefficient (Wildman–Crippen LogP) is 1.89. The van der Waals surface area contributed by atoms with Crippen molar-refractivity contribution in [3.05, 3.63) is 29.6 Å². The Morgan fingerprint density at radius 1 is 1.29 bits per heavy atom. The Morgan fingerprint density at radius 3 is 2.71 bits per heavy atom. The fourth-order valence-corrected chi connectivity index (χ4v) is 2.00. The summed E-state index contributed by atoms with van der Waals surface area (Å²) in [5.74, 6) is 1.32. The Hall–Kier alpha value is -1.68. The van der Waals surface area contributed by atoms with E-state index in [0.717, 1.165) is 29.3 Å². The summed E-state index contributed by atoms with van der Waals surface area (Å²) >= 11 is 0. The Bertz CT molecular complexity index is 590. The number of aromatic nitrogens is 2. The molecule has 88 valence electrons. The number of para-hydroxylation sites is 1. The fraction of sp³-hybridized carbons (Fsp3) is 0.385. The number of hydrogen-bond acceptors (Lipinski definition) is 4. The minimum atomic E-state index is -0.330. The number of benzene rings is 1. The highest BCUT2D eigenvalue weighted by molar-refractivity contribution is 5.86. The monoisotopic (exact) mass is 229 g/mol. The fourth-order valence-electron chi connectivity index (χ4n) is 2.00. The maximum absolute atomic E-state index is 6.15. The highest BCUT2D eigenvalue weighted by Gasteiger charge is 2.43. The van der Waals surface area contributed by atoms with Gasteiger partial charge in [-0.2, -0.15) is 4.98 Å². The number of fused-ring (bicyclic) bond motifs is 1. The molecule has 1 aromatic heterocycles. The molecule has 0 bridgehead atoms. The van der Waals surface area contributed by atoms with Gasteiger partial charge in [0, 0.05) is 0 Å². The quantitative estimate of drug-likeness (QED) is 0.854. The second kappa shape index (κ2) is 3.40. The van der Waals surface area contributed by atoms with Crippen molar-refractivity contribution in [3.63, 3.8) is 0 Å². The van der Waals surface area contributed by atoms with E-state index >= 15 is 0 Å². The molecular formula is C13H15N3O. The van der Waals surface area contributed by atoms with Crippen LogP contribution in [0.4, 0.5) is 0 Å². The van der Waals surface area contributed by atoms with Gasteiger partial charge < -0.3 is 10.5 Å². The number of ether oxygens (including phenoxy) is 1. The third-order valence-corrected chi connectivity index (χ3v) is 3.32. The van der Waals surface area contributed by atoms with Crippen LogP contribution in [0.25, 0.3) is 10.9 Å². The predicted molar refractivity (Wildman–Crippen MR) is 65.9 cm³/mol. The van der Waals surface area contributed by atoms with E-state index in [1.807, 2.05) is 25.1 Å². The summed E-state index contributed by atoms with van der Waals surface area (Å²) in [6, 6.07) is 5.99. The van der Waals surface area contributed by atoms with Gasteiger partial charge in [0.25, 0.3) is 0 Å². The minimum absolute atomic E-state index is 0.330. The molecule has 0 aliphatic heterocycles. The van der Waals surface area contributed by atoms with Crippen LogP contribution in [0.1, 0.15) is 24.2 Å². The molecule has 2 N–H and O–H groups in total. The third kappa shape index (κ3) is 1.56. The van der Waals surface area contributed by atoms with Crippen molar-refractivity contribution >= 4 is 10.9 Å². The SMILES string of the molecule is COc1nc(C2(N)CC2)nc2c(C)cccc12. The number of methoxy groups -OCH3 is 1. The molecule has 0 amide bonds. The first-order valence-corrected chi connectivity index (χ1v) is 5.75. The number of nitrogens with two attached hydrogens (primary N) is 1. The van der Waals surface area contributed by atoms with Crippen molar-refractivity contribution in [1.29, 1.82) is 0 Å². The van der Waals surface area contributed by atoms with E-state index in [4.69, 9.17) is 10.5 Å². The van der Waals surface area contributed by atoms with Crippen LogP contribution in [0.3, 0.4) is 0 Å². The van der Waals surface area contributed by atoms with Crippen molar-refractivity contribution in [3.8, 4) is 5.88 Å². The normalized spacial score (nSPS) is 17.1. The lowest BCUT2D eigenvalue weighted by Gasteiger charge is -2.12. The molecule has 1 heterocycles. The van der Waals surface area contributed by atoms with Crippen LogP contribution in [0.2, 0.25) is 0 Å². The molecule has 0 unspecified atom stereocenters. The molecular weight excluding hydrogens is 214 g/mol. The zero-order valence-corrected chi connectivity index (χ0v) is 10.0. The minimum Gasteiger partial charge on any atom is -0.480 e. The molecule has 1 aromatic carbocycles. The number of aryl methyl sites for hydroxylation is 1. The molecule has 1 aliphatic carbocycles. The topological polar surface area (TPSA) is 61.0 Å². The molecule has 1 saturated carbocycles. The Morgan fingerprint density at radius 2 is 2.06 bits per heavy atom. The summed E-state index contributed by atoms with van der Waals surface area (Å²) in [4.78, 5) is 9.04. The molecule has 17 heavy (non-hydrogen) atoms. The van der Waals surface area contributed by atoms with Crippen LogP contribution in [0.5, 0.6) is 5.88 Å². The molecule has 0 radical (unpaired) electrons. The lowest BCUT2D eigenvalue weighted by molar-refractivity contribution is 0.398. The molecule has 1 aliphatic rings. The van der Waals surface area contributed by atoms with Gasteiger partial charge in [-0.05, 0) is 31.4 Å². The van der Waals surface area contributed by atoms with E-state index in [1.165, 1.54) is 0 Å². The van der Waals surface area contributed by atoms with Gasteiger partial charge in [-0.25, -0.2) is 4.98 Å². The van der Waals surface area contributed by atoms with Gasteiger partial charge >= 0.3 is 0 Å². The highest BCUT2D eigenvalue weighted by atomic mass is 16.5. The van der Waals surface area contributed by atoms with E-state index in [0.29, 0.717) is 11.7 Å². The summed E-state index contributed by atoms with van der Waals surface area (Å²) in [6.45, 7) is 2.04. The summed E-state index contributed by atoms with van der Waals surface area (Å²) in [6.07, 6.45) is 1.90. The first-order chi connectivity index (χ1) is 8.14. The lowest BCUT2D eigenvalue weighted by Crippen LogP contribution is -2.22. The standard InChI is InChI=1S/C13H15N3O/c1-8-4-3-5-9-10(8)15-12(13(14)6-7-13)16-11(9)17-2/h3-5H,6-7,14H2,1-2H3. The zero-order chi connectivity index (χ0) is 12.0. The molecule has 4 heteroatoms. The number of hydrogen-bond donors (Lipinski definition) is 1. The summed E-state index contributed by atoms with van der Waals surface area (Å²) in [5, 5.41) is 0.945. The van der Waals surface area contributed by atoms with Crippen LogP contribution in [0.15, 0.2) is 18.2 Å². The largest absolute Gasteiger partial charge is 0.480 e. The summed E-state index contributed by atoms with van der Waals surface area (Å²) in [5.41, 5.74) is 7.88. The summed E-state index contributed by atoms with van der Waals surface area (Å²) in [7, 11) is 1.63. The van der Waals surface area contributed by atoms with Crippen LogP contribution >= 0.6 is 0 Å². The zero-order valence-electron chi connectivity index (χ0n) is 10.0. The summed E-state index contributed by atoms with van der Waals surface area (Å²) < 4.78 is 5.34. The molecule has 4 nitrogen and oxygen atoms in total. The molecule has 0 saturated heterocycles.